The molecular formula is C24H29NO4S. The smallest absolute Gasteiger partial charge is 0.336 e. The molecule has 5 aliphatic rings. The van der Waals surface area contributed by atoms with Gasteiger partial charge < -0.3 is 14.4 Å². The average molecular weight is 428 g/mol. The molecule has 0 aromatic carbocycles. The molecule has 160 valence electrons. The Kier molecular flexibility index (Phi) is 5.00. The Balaban J connectivity index is 1.50. The predicted octanol–water partition coefficient (Wildman–Crippen LogP) is 4.48. The van der Waals surface area contributed by atoms with Crippen LogP contribution in [0, 0.1) is 23.2 Å². The van der Waals surface area contributed by atoms with Crippen LogP contribution in [0.15, 0.2) is 41.1 Å². The highest BCUT2D eigenvalue weighted by Crippen LogP contribution is 2.60. The van der Waals surface area contributed by atoms with E-state index in [0.717, 1.165) is 29.2 Å². The van der Waals surface area contributed by atoms with Gasteiger partial charge in [-0.15, -0.1) is 11.3 Å². The van der Waals surface area contributed by atoms with Crippen LogP contribution in [0.3, 0.4) is 0 Å². The van der Waals surface area contributed by atoms with Crippen molar-refractivity contribution in [1.82, 2.24) is 4.90 Å². The van der Waals surface area contributed by atoms with Gasteiger partial charge in [0, 0.05) is 23.8 Å². The van der Waals surface area contributed by atoms with Crippen molar-refractivity contribution < 1.29 is 19.1 Å². The molecule has 5 nitrogen and oxygen atoms in total. The quantitative estimate of drug-likeness (QED) is 0.649. The van der Waals surface area contributed by atoms with Gasteiger partial charge in [-0.3, -0.25) is 0 Å². The zero-order chi connectivity index (χ0) is 20.9. The van der Waals surface area contributed by atoms with Crippen LogP contribution in [0.5, 0.6) is 0 Å². The summed E-state index contributed by atoms with van der Waals surface area (Å²) in [7, 11) is 2.79. The van der Waals surface area contributed by atoms with Gasteiger partial charge in [0.25, 0.3) is 0 Å². The van der Waals surface area contributed by atoms with Gasteiger partial charge in [0.1, 0.15) is 0 Å². The molecule has 0 spiro atoms. The third-order valence-electron chi connectivity index (χ3n) is 7.58. The standard InChI is InChI=1S/C24H29NO4S/c1-28-22(26)18-12-25(13-19(23(27)29-2)21(18)20-4-3-5-30-20)14-24-9-15-6-16(10-24)8-17(7-15)11-24/h3-5,12-13,15-17,21H,6-11,14H2,1-2H3. The van der Waals surface area contributed by atoms with Crippen LogP contribution in [-0.4, -0.2) is 37.6 Å². The fourth-order valence-corrected chi connectivity index (χ4v) is 7.87. The van der Waals surface area contributed by atoms with Crippen molar-refractivity contribution in [2.45, 2.75) is 44.4 Å². The number of methoxy groups -OCH3 is 2. The van der Waals surface area contributed by atoms with Crippen LogP contribution in [0.25, 0.3) is 0 Å². The third kappa shape index (κ3) is 3.39. The van der Waals surface area contributed by atoms with Gasteiger partial charge in [-0.2, -0.15) is 0 Å². The van der Waals surface area contributed by atoms with Crippen LogP contribution >= 0.6 is 11.3 Å². The van der Waals surface area contributed by atoms with Crippen LogP contribution in [0.4, 0.5) is 0 Å². The number of nitrogens with zero attached hydrogens (tertiary/aromatic N) is 1. The van der Waals surface area contributed by atoms with Crippen LogP contribution in [-0.2, 0) is 19.1 Å². The normalized spacial score (nSPS) is 32.6. The molecule has 6 rings (SSSR count). The van der Waals surface area contributed by atoms with Gasteiger partial charge in [0.2, 0.25) is 0 Å². The van der Waals surface area contributed by atoms with E-state index < -0.39 is 17.9 Å². The van der Waals surface area contributed by atoms with E-state index in [0.29, 0.717) is 16.6 Å². The molecule has 1 aromatic heterocycles. The number of hydrogen-bond donors (Lipinski definition) is 0. The molecule has 0 radical (unpaired) electrons. The van der Waals surface area contributed by atoms with E-state index in [2.05, 4.69) is 4.90 Å². The van der Waals surface area contributed by atoms with E-state index in [-0.39, 0.29) is 0 Å². The Bertz CT molecular complexity index is 831. The van der Waals surface area contributed by atoms with Crippen molar-refractivity contribution in [3.05, 3.63) is 45.9 Å². The highest BCUT2D eigenvalue weighted by molar-refractivity contribution is 7.10. The summed E-state index contributed by atoms with van der Waals surface area (Å²) in [6.07, 6.45) is 11.8. The lowest BCUT2D eigenvalue weighted by atomic mass is 9.49. The number of esters is 2. The Morgan fingerprint density at radius 1 is 1.00 bits per heavy atom. The molecule has 0 saturated heterocycles. The predicted molar refractivity (Wildman–Crippen MR) is 115 cm³/mol. The van der Waals surface area contributed by atoms with Crippen molar-refractivity contribution in [3.8, 4) is 0 Å². The van der Waals surface area contributed by atoms with Crippen molar-refractivity contribution in [3.63, 3.8) is 0 Å². The van der Waals surface area contributed by atoms with E-state index in [4.69, 9.17) is 9.47 Å². The molecule has 0 unspecified atom stereocenters. The molecule has 6 heteroatoms. The summed E-state index contributed by atoms with van der Waals surface area (Å²) in [5.41, 5.74) is 1.31. The van der Waals surface area contributed by atoms with E-state index in [1.165, 1.54) is 64.1 Å². The van der Waals surface area contributed by atoms with E-state index >= 15 is 0 Å². The Labute approximate surface area is 181 Å². The van der Waals surface area contributed by atoms with E-state index in [1.54, 1.807) is 0 Å². The number of hydrogen-bond acceptors (Lipinski definition) is 6. The number of thiophene rings is 1. The third-order valence-corrected chi connectivity index (χ3v) is 8.52. The highest BCUT2D eigenvalue weighted by Gasteiger charge is 2.51. The molecule has 0 atom stereocenters. The molecule has 30 heavy (non-hydrogen) atoms. The molecular weight excluding hydrogens is 398 g/mol. The van der Waals surface area contributed by atoms with Crippen LogP contribution in [0.1, 0.15) is 49.3 Å². The molecule has 0 N–H and O–H groups in total. The van der Waals surface area contributed by atoms with Gasteiger partial charge >= 0.3 is 11.9 Å². The van der Waals surface area contributed by atoms with Gasteiger partial charge in [0.05, 0.1) is 31.3 Å². The average Bonchev–Trinajstić information content (AvgIpc) is 3.25. The highest BCUT2D eigenvalue weighted by atomic mass is 32.1. The summed E-state index contributed by atoms with van der Waals surface area (Å²) in [5, 5.41) is 1.96. The maximum absolute atomic E-state index is 12.7. The summed E-state index contributed by atoms with van der Waals surface area (Å²) in [6.45, 7) is 0.856. The van der Waals surface area contributed by atoms with E-state index in [9.17, 15) is 9.59 Å². The maximum Gasteiger partial charge on any atom is 0.336 e. The molecule has 4 fully saturated rings. The van der Waals surface area contributed by atoms with E-state index in [1.807, 2.05) is 29.9 Å². The minimum absolute atomic E-state index is 0.292. The first kappa shape index (κ1) is 19.9. The summed E-state index contributed by atoms with van der Waals surface area (Å²) >= 11 is 1.53. The molecule has 1 aromatic rings. The van der Waals surface area contributed by atoms with Crippen molar-refractivity contribution in [2.24, 2.45) is 23.2 Å². The van der Waals surface area contributed by atoms with Gasteiger partial charge in [0.15, 0.2) is 0 Å². The first-order valence-corrected chi connectivity index (χ1v) is 11.8. The minimum atomic E-state index is -0.447. The molecule has 4 aliphatic carbocycles. The van der Waals surface area contributed by atoms with Crippen molar-refractivity contribution in [1.29, 1.82) is 0 Å². The zero-order valence-corrected chi connectivity index (χ0v) is 18.5. The second kappa shape index (κ2) is 7.56. The maximum atomic E-state index is 12.7. The summed E-state index contributed by atoms with van der Waals surface area (Å²) in [6, 6.07) is 3.89. The Morgan fingerprint density at radius 3 is 1.97 bits per heavy atom. The Hall–Kier alpha value is -2.08. The Morgan fingerprint density at radius 2 is 1.53 bits per heavy atom. The summed E-state index contributed by atoms with van der Waals surface area (Å²) in [4.78, 5) is 28.5. The van der Waals surface area contributed by atoms with Crippen LogP contribution < -0.4 is 0 Å². The molecule has 4 saturated carbocycles. The van der Waals surface area contributed by atoms with Gasteiger partial charge in [-0.1, -0.05) is 6.07 Å². The second-order valence-electron chi connectivity index (χ2n) is 9.69. The summed E-state index contributed by atoms with van der Waals surface area (Å²) < 4.78 is 10.2. The first-order valence-electron chi connectivity index (χ1n) is 10.9. The van der Waals surface area contributed by atoms with Gasteiger partial charge in [-0.25, -0.2) is 9.59 Å². The summed E-state index contributed by atoms with van der Waals surface area (Å²) in [5.74, 6) is 1.34. The first-order chi connectivity index (χ1) is 14.5. The topological polar surface area (TPSA) is 55.8 Å². The fraction of sp³-hybridized carbons (Fsp3) is 0.583. The largest absolute Gasteiger partial charge is 0.466 e. The monoisotopic (exact) mass is 427 g/mol. The second-order valence-corrected chi connectivity index (χ2v) is 10.7. The molecule has 4 bridgehead atoms. The fourth-order valence-electron chi connectivity index (χ4n) is 7.01. The minimum Gasteiger partial charge on any atom is -0.466 e. The van der Waals surface area contributed by atoms with Crippen molar-refractivity contribution in [2.75, 3.05) is 20.8 Å². The lowest BCUT2D eigenvalue weighted by molar-refractivity contribution is -0.137. The van der Waals surface area contributed by atoms with Crippen LogP contribution in [0.2, 0.25) is 0 Å². The SMILES string of the molecule is COC(=O)C1=CN(CC23CC4CC(CC(C4)C2)C3)C=C(C(=O)OC)C1c1cccs1. The number of rotatable bonds is 5. The zero-order valence-electron chi connectivity index (χ0n) is 17.6. The lowest BCUT2D eigenvalue weighted by Crippen LogP contribution is -2.50. The number of carbonyl (C=O) groups excluding carboxylic acids is 2. The van der Waals surface area contributed by atoms with Gasteiger partial charge in [-0.05, 0) is 73.1 Å². The number of ether oxygens (including phenoxy) is 2. The van der Waals surface area contributed by atoms with Crippen molar-refractivity contribution >= 4 is 23.3 Å². The number of carbonyl (C=O) groups is 2. The molecule has 1 aliphatic heterocycles. The molecule has 2 heterocycles. The lowest BCUT2D eigenvalue weighted by Gasteiger charge is -2.57. The molecule has 0 amide bonds.